The van der Waals surface area contributed by atoms with E-state index in [9.17, 15) is 9.90 Å². The van der Waals surface area contributed by atoms with Crippen molar-refractivity contribution in [2.24, 2.45) is 0 Å². The average molecular weight is 506 g/mol. The zero-order valence-corrected chi connectivity index (χ0v) is 20.2. The summed E-state index contributed by atoms with van der Waals surface area (Å²) in [6, 6.07) is 13.1. The van der Waals surface area contributed by atoms with Crippen LogP contribution in [0.1, 0.15) is 12.8 Å². The SMILES string of the molecule is C=CC(=O)C12C[C@H]3CN(c4snc5c(F)c(-c6cc(O)cc7ccccc67)c(Cl)cc45)C[C@@H](C1)N32. The minimum Gasteiger partial charge on any atom is -0.508 e. The summed E-state index contributed by atoms with van der Waals surface area (Å²) in [6.45, 7) is 5.22. The number of fused-ring (bicyclic) bond motifs is 2. The maximum atomic E-state index is 16.0. The number of carbonyl (C=O) groups is 1. The van der Waals surface area contributed by atoms with Gasteiger partial charge in [-0.3, -0.25) is 9.69 Å². The Morgan fingerprint density at radius 2 is 1.94 bits per heavy atom. The molecule has 176 valence electrons. The summed E-state index contributed by atoms with van der Waals surface area (Å²) in [5.74, 6) is -0.298. The third-order valence-corrected chi connectivity index (χ3v) is 9.21. The van der Waals surface area contributed by atoms with Crippen molar-refractivity contribution < 1.29 is 14.3 Å². The zero-order chi connectivity index (χ0) is 24.1. The molecule has 0 aliphatic carbocycles. The fourth-order valence-electron chi connectivity index (χ4n) is 6.59. The van der Waals surface area contributed by atoms with Gasteiger partial charge in [0.2, 0.25) is 0 Å². The Balaban J connectivity index is 1.28. The summed E-state index contributed by atoms with van der Waals surface area (Å²) in [6.07, 6.45) is 3.13. The number of phenolic OH excluding ortho intramolecular Hbond substituents is 1. The van der Waals surface area contributed by atoms with Gasteiger partial charge in [-0.05, 0) is 65.0 Å². The van der Waals surface area contributed by atoms with E-state index in [4.69, 9.17) is 11.6 Å². The molecule has 1 aromatic heterocycles. The maximum Gasteiger partial charge on any atom is 0.175 e. The zero-order valence-electron chi connectivity index (χ0n) is 18.7. The molecular formula is C27H21ClFN3O2S. The Labute approximate surface area is 210 Å². The van der Waals surface area contributed by atoms with E-state index in [-0.39, 0.29) is 33.2 Å². The van der Waals surface area contributed by atoms with Crippen molar-refractivity contribution in [1.82, 2.24) is 9.27 Å². The topological polar surface area (TPSA) is 56.7 Å². The van der Waals surface area contributed by atoms with Gasteiger partial charge < -0.3 is 10.0 Å². The Bertz CT molecular complexity index is 1570. The number of nitrogens with zero attached hydrogens (tertiary/aromatic N) is 3. The summed E-state index contributed by atoms with van der Waals surface area (Å²) < 4.78 is 20.5. The smallest absolute Gasteiger partial charge is 0.175 e. The van der Waals surface area contributed by atoms with Crippen molar-refractivity contribution in [1.29, 1.82) is 0 Å². The Hall–Kier alpha value is -3.00. The van der Waals surface area contributed by atoms with Crippen LogP contribution in [0, 0.1) is 5.82 Å². The van der Waals surface area contributed by atoms with Gasteiger partial charge in [-0.2, -0.15) is 4.37 Å². The lowest BCUT2D eigenvalue weighted by atomic mass is 9.60. The van der Waals surface area contributed by atoms with Crippen molar-refractivity contribution in [2.75, 3.05) is 18.0 Å². The molecule has 0 saturated carbocycles. The molecule has 1 unspecified atom stereocenters. The second-order valence-corrected chi connectivity index (χ2v) is 10.9. The largest absolute Gasteiger partial charge is 0.508 e. The second kappa shape index (κ2) is 7.26. The lowest BCUT2D eigenvalue weighted by molar-refractivity contribution is -0.202. The van der Waals surface area contributed by atoms with E-state index in [1.807, 2.05) is 24.3 Å². The van der Waals surface area contributed by atoms with E-state index < -0.39 is 5.82 Å². The number of benzene rings is 3. The number of ketones is 1. The quantitative estimate of drug-likeness (QED) is 0.356. The van der Waals surface area contributed by atoms with Crippen molar-refractivity contribution in [3.8, 4) is 16.9 Å². The van der Waals surface area contributed by atoms with Crippen molar-refractivity contribution in [2.45, 2.75) is 30.5 Å². The van der Waals surface area contributed by atoms with Crippen LogP contribution in [-0.4, -0.2) is 50.9 Å². The second-order valence-electron chi connectivity index (χ2n) is 9.77. The molecule has 3 aromatic carbocycles. The van der Waals surface area contributed by atoms with Crippen LogP contribution < -0.4 is 4.90 Å². The van der Waals surface area contributed by atoms with Gasteiger partial charge in [-0.15, -0.1) is 0 Å². The summed E-state index contributed by atoms with van der Waals surface area (Å²) >= 11 is 8.00. The van der Waals surface area contributed by atoms with Gasteiger partial charge in [0.15, 0.2) is 11.6 Å². The molecule has 0 radical (unpaired) electrons. The van der Waals surface area contributed by atoms with E-state index in [1.165, 1.54) is 17.6 Å². The number of piperazine rings is 1. The van der Waals surface area contributed by atoms with E-state index in [0.717, 1.165) is 41.7 Å². The number of carbonyl (C=O) groups excluding carboxylic acids is 1. The maximum absolute atomic E-state index is 16.0. The van der Waals surface area contributed by atoms with Gasteiger partial charge in [0.05, 0.1) is 10.6 Å². The summed E-state index contributed by atoms with van der Waals surface area (Å²) in [5, 5.41) is 13.8. The highest BCUT2D eigenvalue weighted by molar-refractivity contribution is 7.11. The van der Waals surface area contributed by atoms with Crippen LogP contribution >= 0.6 is 23.1 Å². The van der Waals surface area contributed by atoms with Crippen LogP contribution in [0.4, 0.5) is 9.39 Å². The predicted molar refractivity (Wildman–Crippen MR) is 138 cm³/mol. The first kappa shape index (κ1) is 21.3. The number of halogens is 2. The fourth-order valence-corrected chi connectivity index (χ4v) is 7.76. The molecule has 4 aromatic rings. The molecule has 0 bridgehead atoms. The van der Waals surface area contributed by atoms with Gasteiger partial charge >= 0.3 is 0 Å². The first-order chi connectivity index (χ1) is 16.9. The molecule has 3 aliphatic heterocycles. The molecule has 1 N–H and O–H groups in total. The standard InChI is InChI=1S/C27H21ClFN3O2S/c1-2-22(34)27-10-15-12-31(13-16(11-27)32(15)27)26-20-9-21(28)23(24(29)25(20)30-35-26)19-8-17(33)7-14-5-3-4-6-18(14)19/h2-9,15-16,33H,1,10-13H2/t15-,16+,27?. The van der Waals surface area contributed by atoms with E-state index in [1.54, 1.807) is 18.2 Å². The van der Waals surface area contributed by atoms with E-state index >= 15 is 4.39 Å². The van der Waals surface area contributed by atoms with Gasteiger partial charge in [0.1, 0.15) is 16.3 Å². The number of phenols is 1. The predicted octanol–water partition coefficient (Wildman–Crippen LogP) is 5.78. The number of aromatic nitrogens is 1. The lowest BCUT2D eigenvalue weighted by Crippen LogP contribution is -2.86. The molecule has 3 aliphatic rings. The first-order valence-electron chi connectivity index (χ1n) is 11.6. The highest BCUT2D eigenvalue weighted by Crippen LogP contribution is 2.55. The van der Waals surface area contributed by atoms with Gasteiger partial charge in [-0.1, -0.05) is 42.4 Å². The van der Waals surface area contributed by atoms with E-state index in [0.29, 0.717) is 23.0 Å². The van der Waals surface area contributed by atoms with Crippen LogP contribution in [0.3, 0.4) is 0 Å². The third kappa shape index (κ3) is 2.77. The molecule has 0 spiro atoms. The number of rotatable bonds is 4. The molecule has 3 saturated heterocycles. The number of anilines is 1. The Kier molecular flexibility index (Phi) is 4.42. The van der Waals surface area contributed by atoms with Gasteiger partial charge in [0, 0.05) is 36.1 Å². The third-order valence-electron chi connectivity index (χ3n) is 7.98. The van der Waals surface area contributed by atoms with Gasteiger partial charge in [-0.25, -0.2) is 4.39 Å². The first-order valence-corrected chi connectivity index (χ1v) is 12.8. The Morgan fingerprint density at radius 3 is 2.69 bits per heavy atom. The van der Waals surface area contributed by atoms with Gasteiger partial charge in [0.25, 0.3) is 0 Å². The van der Waals surface area contributed by atoms with Crippen molar-refractivity contribution >= 4 is 55.6 Å². The molecule has 7 rings (SSSR count). The van der Waals surface area contributed by atoms with Crippen LogP contribution in [0.15, 0.2) is 55.1 Å². The molecule has 0 amide bonds. The van der Waals surface area contributed by atoms with Crippen LogP contribution in [0.25, 0.3) is 32.8 Å². The highest BCUT2D eigenvalue weighted by Gasteiger charge is 2.68. The molecule has 35 heavy (non-hydrogen) atoms. The normalized spacial score (nSPS) is 25.3. The number of piperidine rings is 1. The fraction of sp³-hybridized carbons (Fsp3) is 0.259. The van der Waals surface area contributed by atoms with E-state index in [2.05, 4.69) is 20.8 Å². The van der Waals surface area contributed by atoms with Crippen molar-refractivity contribution in [3.63, 3.8) is 0 Å². The van der Waals surface area contributed by atoms with Crippen LogP contribution in [-0.2, 0) is 4.79 Å². The summed E-state index contributed by atoms with van der Waals surface area (Å²) in [4.78, 5) is 17.0. The average Bonchev–Trinajstić information content (AvgIpc) is 3.23. The Morgan fingerprint density at radius 1 is 1.20 bits per heavy atom. The summed E-state index contributed by atoms with van der Waals surface area (Å²) in [5.41, 5.74) is 0.754. The molecule has 4 heterocycles. The molecule has 8 heteroatoms. The van der Waals surface area contributed by atoms with Crippen LogP contribution in [0.2, 0.25) is 5.02 Å². The summed E-state index contributed by atoms with van der Waals surface area (Å²) in [7, 11) is 0. The number of aromatic hydroxyl groups is 1. The molecule has 3 atom stereocenters. The monoisotopic (exact) mass is 505 g/mol. The highest BCUT2D eigenvalue weighted by atomic mass is 35.5. The molecule has 3 fully saturated rings. The van der Waals surface area contributed by atoms with Crippen LogP contribution in [0.5, 0.6) is 5.75 Å². The lowest BCUT2D eigenvalue weighted by Gasteiger charge is -2.72. The number of hydrogen-bond donors (Lipinski definition) is 1. The minimum atomic E-state index is -0.479. The van der Waals surface area contributed by atoms with Crippen molar-refractivity contribution in [3.05, 3.63) is 66.0 Å². The number of hydrogen-bond acceptors (Lipinski definition) is 6. The minimum absolute atomic E-state index is 0.0538. The molecule has 5 nitrogen and oxygen atoms in total. The molecular weight excluding hydrogens is 485 g/mol.